The molecule has 0 spiro atoms. The van der Waals surface area contributed by atoms with E-state index in [0.29, 0.717) is 23.6 Å². The van der Waals surface area contributed by atoms with Gasteiger partial charge in [0, 0.05) is 29.7 Å². The van der Waals surface area contributed by atoms with Gasteiger partial charge in [-0.15, -0.1) is 0 Å². The lowest BCUT2D eigenvalue weighted by molar-refractivity contribution is 0.0950. The quantitative estimate of drug-likeness (QED) is 0.487. The van der Waals surface area contributed by atoms with E-state index in [1.807, 2.05) is 6.07 Å². The topological polar surface area (TPSA) is 50.8 Å². The minimum Gasteiger partial charge on any atom is -0.493 e. The molecule has 1 N–H and O–H groups in total. The Bertz CT molecular complexity index is 810. The van der Waals surface area contributed by atoms with E-state index in [0.717, 1.165) is 36.0 Å². The molecule has 2 aromatic rings. The zero-order valence-electron chi connectivity index (χ0n) is 15.8. The number of halogens is 1. The Balaban J connectivity index is 1.49. The molecule has 0 unspecified atom stereocenters. The summed E-state index contributed by atoms with van der Waals surface area (Å²) in [5.74, 6) is 1.11. The zero-order valence-corrected chi connectivity index (χ0v) is 17.9. The fourth-order valence-corrected chi connectivity index (χ4v) is 4.06. The third-order valence-corrected chi connectivity index (χ3v) is 5.76. The normalized spacial score (nSPS) is 13.7. The molecule has 0 aliphatic carbocycles. The van der Waals surface area contributed by atoms with Crippen molar-refractivity contribution in [2.45, 2.75) is 19.4 Å². The van der Waals surface area contributed by atoms with Gasteiger partial charge >= 0.3 is 0 Å². The summed E-state index contributed by atoms with van der Waals surface area (Å²) < 4.78 is 11.4. The molecule has 2 aromatic carbocycles. The molecule has 144 valence electrons. The first-order chi connectivity index (χ1) is 13.1. The Hall–Kier alpha value is -1.80. The summed E-state index contributed by atoms with van der Waals surface area (Å²) in [5.41, 5.74) is 3.50. The van der Waals surface area contributed by atoms with Crippen LogP contribution in [0.2, 0.25) is 0 Å². The second-order valence-electron chi connectivity index (χ2n) is 6.59. The Kier molecular flexibility index (Phi) is 6.95. The van der Waals surface area contributed by atoms with E-state index in [9.17, 15) is 4.79 Å². The van der Waals surface area contributed by atoms with Gasteiger partial charge in [0.15, 0.2) is 11.5 Å². The number of carbonyl (C=O) groups is 1. The van der Waals surface area contributed by atoms with Crippen LogP contribution < -0.4 is 14.8 Å². The van der Waals surface area contributed by atoms with Crippen molar-refractivity contribution >= 4 is 28.5 Å². The van der Waals surface area contributed by atoms with Gasteiger partial charge in [-0.3, -0.25) is 9.69 Å². The summed E-state index contributed by atoms with van der Waals surface area (Å²) in [6.45, 7) is 3.72. The van der Waals surface area contributed by atoms with Crippen LogP contribution in [0.3, 0.4) is 0 Å². The standard InChI is InChI=1S/C21H25IN2O3/c1-26-19-12-17(18(22)13-20(19)27-2)21(25)23-9-5-10-24-11-8-15-6-3-4-7-16(15)14-24/h3-4,6-7,12-13H,5,8-11,14H2,1-2H3,(H,23,25). The molecule has 0 fully saturated rings. The largest absolute Gasteiger partial charge is 0.493 e. The number of fused-ring (bicyclic) bond motifs is 1. The van der Waals surface area contributed by atoms with Gasteiger partial charge in [0.1, 0.15) is 0 Å². The van der Waals surface area contributed by atoms with E-state index < -0.39 is 0 Å². The number of nitrogens with one attached hydrogen (secondary N) is 1. The second kappa shape index (κ2) is 9.41. The molecule has 1 amide bonds. The number of benzene rings is 2. The van der Waals surface area contributed by atoms with E-state index in [1.54, 1.807) is 20.3 Å². The Morgan fingerprint density at radius 3 is 2.59 bits per heavy atom. The predicted molar refractivity (Wildman–Crippen MR) is 115 cm³/mol. The lowest BCUT2D eigenvalue weighted by Crippen LogP contribution is -2.33. The predicted octanol–water partition coefficient (Wildman–Crippen LogP) is 3.49. The molecule has 0 aromatic heterocycles. The fourth-order valence-electron chi connectivity index (χ4n) is 3.37. The number of hydrogen-bond acceptors (Lipinski definition) is 4. The van der Waals surface area contributed by atoms with Crippen LogP contribution in [-0.2, 0) is 13.0 Å². The molecule has 1 aliphatic rings. The van der Waals surface area contributed by atoms with Gasteiger partial charge in [-0.25, -0.2) is 0 Å². The summed E-state index contributed by atoms with van der Waals surface area (Å²) in [6, 6.07) is 12.2. The van der Waals surface area contributed by atoms with Crippen LogP contribution in [0.4, 0.5) is 0 Å². The van der Waals surface area contributed by atoms with Crippen molar-refractivity contribution in [3.05, 3.63) is 56.7 Å². The fraction of sp³-hybridized carbons (Fsp3) is 0.381. The van der Waals surface area contributed by atoms with Gasteiger partial charge in [-0.05, 0) is 58.7 Å². The first-order valence-corrected chi connectivity index (χ1v) is 10.2. The number of nitrogens with zero attached hydrogens (tertiary/aromatic N) is 1. The molecule has 1 aliphatic heterocycles. The molecule has 3 rings (SSSR count). The van der Waals surface area contributed by atoms with E-state index in [1.165, 1.54) is 11.1 Å². The third kappa shape index (κ3) is 4.93. The van der Waals surface area contributed by atoms with Crippen molar-refractivity contribution < 1.29 is 14.3 Å². The zero-order chi connectivity index (χ0) is 19.2. The monoisotopic (exact) mass is 480 g/mol. The van der Waals surface area contributed by atoms with Crippen LogP contribution in [0.25, 0.3) is 0 Å². The van der Waals surface area contributed by atoms with Crippen molar-refractivity contribution in [2.24, 2.45) is 0 Å². The molecular weight excluding hydrogens is 455 g/mol. The molecule has 0 atom stereocenters. The van der Waals surface area contributed by atoms with Crippen molar-refractivity contribution in [3.8, 4) is 11.5 Å². The molecule has 6 heteroatoms. The van der Waals surface area contributed by atoms with Gasteiger partial charge in [-0.1, -0.05) is 24.3 Å². The third-order valence-electron chi connectivity index (χ3n) is 4.86. The molecule has 0 radical (unpaired) electrons. The van der Waals surface area contributed by atoms with Crippen LogP contribution in [0.5, 0.6) is 11.5 Å². The minimum atomic E-state index is -0.0793. The first-order valence-electron chi connectivity index (χ1n) is 9.11. The minimum absolute atomic E-state index is 0.0793. The van der Waals surface area contributed by atoms with E-state index in [-0.39, 0.29) is 5.91 Å². The van der Waals surface area contributed by atoms with Crippen LogP contribution in [0.15, 0.2) is 36.4 Å². The molecule has 27 heavy (non-hydrogen) atoms. The summed E-state index contributed by atoms with van der Waals surface area (Å²) in [4.78, 5) is 15.0. The lowest BCUT2D eigenvalue weighted by Gasteiger charge is -2.28. The summed E-state index contributed by atoms with van der Waals surface area (Å²) in [7, 11) is 3.16. The summed E-state index contributed by atoms with van der Waals surface area (Å²) >= 11 is 2.15. The average molecular weight is 480 g/mol. The number of rotatable bonds is 7. The van der Waals surface area contributed by atoms with Gasteiger partial charge in [0.25, 0.3) is 5.91 Å². The Morgan fingerprint density at radius 2 is 1.85 bits per heavy atom. The van der Waals surface area contributed by atoms with Crippen LogP contribution in [0, 0.1) is 3.57 Å². The van der Waals surface area contributed by atoms with E-state index in [2.05, 4.69) is 57.1 Å². The van der Waals surface area contributed by atoms with Crippen molar-refractivity contribution in [2.75, 3.05) is 33.9 Å². The summed E-state index contributed by atoms with van der Waals surface area (Å²) in [6.07, 6.45) is 2.03. The molecular formula is C21H25IN2O3. The lowest BCUT2D eigenvalue weighted by atomic mass is 10.00. The molecule has 5 nitrogen and oxygen atoms in total. The maximum Gasteiger partial charge on any atom is 0.252 e. The molecule has 0 saturated heterocycles. The second-order valence-corrected chi connectivity index (χ2v) is 7.75. The number of methoxy groups -OCH3 is 2. The number of hydrogen-bond donors (Lipinski definition) is 1. The smallest absolute Gasteiger partial charge is 0.252 e. The molecule has 0 saturated carbocycles. The van der Waals surface area contributed by atoms with Crippen LogP contribution in [-0.4, -0.2) is 44.7 Å². The number of amides is 1. The first kappa shape index (κ1) is 19.9. The van der Waals surface area contributed by atoms with E-state index >= 15 is 0 Å². The van der Waals surface area contributed by atoms with E-state index in [4.69, 9.17) is 9.47 Å². The van der Waals surface area contributed by atoms with Crippen LogP contribution >= 0.6 is 22.6 Å². The summed E-state index contributed by atoms with van der Waals surface area (Å²) in [5, 5.41) is 3.02. The van der Waals surface area contributed by atoms with Gasteiger partial charge in [-0.2, -0.15) is 0 Å². The van der Waals surface area contributed by atoms with Gasteiger partial charge in [0.2, 0.25) is 0 Å². The Morgan fingerprint density at radius 1 is 1.15 bits per heavy atom. The highest BCUT2D eigenvalue weighted by atomic mass is 127. The number of ether oxygens (including phenoxy) is 2. The molecule has 1 heterocycles. The van der Waals surface area contributed by atoms with Gasteiger partial charge < -0.3 is 14.8 Å². The average Bonchev–Trinajstić information content (AvgIpc) is 2.70. The van der Waals surface area contributed by atoms with Crippen molar-refractivity contribution in [3.63, 3.8) is 0 Å². The molecule has 0 bridgehead atoms. The highest BCUT2D eigenvalue weighted by Gasteiger charge is 2.17. The highest BCUT2D eigenvalue weighted by Crippen LogP contribution is 2.31. The maximum atomic E-state index is 12.5. The highest BCUT2D eigenvalue weighted by molar-refractivity contribution is 14.1. The Labute approximate surface area is 174 Å². The van der Waals surface area contributed by atoms with Crippen molar-refractivity contribution in [1.82, 2.24) is 10.2 Å². The maximum absolute atomic E-state index is 12.5. The SMILES string of the molecule is COc1cc(I)c(C(=O)NCCCN2CCc3ccccc3C2)cc1OC. The van der Waals surface area contributed by atoms with Gasteiger partial charge in [0.05, 0.1) is 19.8 Å². The van der Waals surface area contributed by atoms with Crippen LogP contribution in [0.1, 0.15) is 27.9 Å². The van der Waals surface area contributed by atoms with Crippen molar-refractivity contribution in [1.29, 1.82) is 0 Å². The number of carbonyl (C=O) groups excluding carboxylic acids is 1.